The summed E-state index contributed by atoms with van der Waals surface area (Å²) in [4.78, 5) is 89.6. The number of halogens is 3. The number of amides is 3. The number of Topliss-reactive ketones (excluding diaryl/α,β-unsaturated/α-hetero) is 3. The van der Waals surface area contributed by atoms with Crippen molar-refractivity contribution in [2.45, 2.75) is 206 Å². The molecule has 3 amide bonds. The van der Waals surface area contributed by atoms with Gasteiger partial charge in [0.05, 0.1) is 95.2 Å². The lowest BCUT2D eigenvalue weighted by Crippen LogP contribution is -2.55. The van der Waals surface area contributed by atoms with E-state index in [1.54, 1.807) is 53.7 Å². The third-order valence-corrected chi connectivity index (χ3v) is 14.3. The molecule has 4 saturated heterocycles. The number of alkyl halides is 2. The molecule has 5 fully saturated rings. The Bertz CT molecular complexity index is 2770. The zero-order valence-electron chi connectivity index (χ0n) is 53.9. The number of nitrogens with one attached hydrogen (secondary N) is 1. The molecule has 3 aromatic rings. The van der Waals surface area contributed by atoms with Gasteiger partial charge in [0.1, 0.15) is 40.6 Å². The molecular weight excluding hydrogens is 1180 g/mol. The number of rotatable bonds is 11. The standard InChI is InChI=1S/C20H28F2N2O4.C18H28N2O5.C13H20N2O3.C10H17NO5.ClH/c1-19(2,3)17-11-14(23-28-17)10-16(25)15-12-27-9-8-24(15)18(26)13-4-6-20(21,22)7-5-13;1-17(2,3)15-10-12(19-25-15)9-14(21)13-11-23-8-7-20(13)16(22)24-18(4,5)6;1-13(2,3)12-7-9(15-18-12)6-11(16)10-8-17-5-4-14-10;1-10(2,3)16-9(14)11-4-5-15-6-7(11)8(12)13;/h11,13,15H,4-10,12H2,1-3H3;10,13H,7-9,11H2,1-6H3;7,10,14H,4-6,8H2,1-3H3;7H,4-6H2,1-3H3,(H,12,13);1H. The van der Waals surface area contributed by atoms with Gasteiger partial charge in [0, 0.05) is 79.4 Å². The number of hydrogen-bond acceptors (Lipinski definition) is 20. The molecule has 4 unspecified atom stereocenters. The predicted octanol–water partition coefficient (Wildman–Crippen LogP) is 8.06. The number of carbonyl (C=O) groups excluding carboxylic acids is 6. The SMILES string of the molecule is CC(C)(C)OC(=O)N1CCOCC1C(=O)Cc1cc(C(C)(C)C)on1.CC(C)(C)OC(=O)N1CCOCC1C(=O)O.CC(C)(C)c1cc(CC(=O)C2COCCN2)no1.CC(C)(C)c1cc(CC(=O)C2COCCN2C(=O)C2CCC(F)(F)CC2)no1.Cl. The first-order valence-electron chi connectivity index (χ1n) is 29.7. The van der Waals surface area contributed by atoms with Gasteiger partial charge in [0.25, 0.3) is 0 Å². The van der Waals surface area contributed by atoms with E-state index in [2.05, 4.69) is 41.6 Å². The fourth-order valence-electron chi connectivity index (χ4n) is 9.32. The van der Waals surface area contributed by atoms with Gasteiger partial charge in [0.2, 0.25) is 11.8 Å². The van der Waals surface area contributed by atoms with Crippen molar-refractivity contribution in [1.82, 2.24) is 35.5 Å². The number of carboxylic acids is 1. The van der Waals surface area contributed by atoms with Crippen molar-refractivity contribution < 1.29 is 89.4 Å². The van der Waals surface area contributed by atoms with Crippen LogP contribution >= 0.6 is 12.4 Å². The summed E-state index contributed by atoms with van der Waals surface area (Å²) in [5, 5.41) is 24.0. The number of nitrogens with zero attached hydrogens (tertiary/aromatic N) is 6. The van der Waals surface area contributed by atoms with Crippen molar-refractivity contribution in [2.24, 2.45) is 5.92 Å². The van der Waals surface area contributed by atoms with Gasteiger partial charge in [-0.3, -0.25) is 29.0 Å². The molecule has 3 aromatic heterocycles. The summed E-state index contributed by atoms with van der Waals surface area (Å²) in [5.74, 6) is -2.44. The van der Waals surface area contributed by atoms with Crippen molar-refractivity contribution in [1.29, 1.82) is 0 Å². The molecule has 496 valence electrons. The number of aliphatic carboxylic acids is 1. The smallest absolute Gasteiger partial charge is 0.411 e. The Morgan fingerprint density at radius 2 is 0.898 bits per heavy atom. The van der Waals surface area contributed by atoms with E-state index in [4.69, 9.17) is 47.1 Å². The highest BCUT2D eigenvalue weighted by Crippen LogP contribution is 2.37. The lowest BCUT2D eigenvalue weighted by atomic mass is 9.85. The van der Waals surface area contributed by atoms with Crippen molar-refractivity contribution in [3.8, 4) is 0 Å². The van der Waals surface area contributed by atoms with E-state index in [9.17, 15) is 42.3 Å². The average Bonchev–Trinajstić information content (AvgIpc) is 4.38. The predicted molar refractivity (Wildman–Crippen MR) is 318 cm³/mol. The summed E-state index contributed by atoms with van der Waals surface area (Å²) in [6.45, 7) is 32.8. The summed E-state index contributed by atoms with van der Waals surface area (Å²) in [5.41, 5.74) is 0.0560. The molecule has 0 bridgehead atoms. The molecule has 2 N–H and O–H groups in total. The molecule has 8 rings (SSSR count). The van der Waals surface area contributed by atoms with Crippen molar-refractivity contribution in [3.05, 3.63) is 52.6 Å². The first kappa shape index (κ1) is 74.5. The summed E-state index contributed by atoms with van der Waals surface area (Å²) in [7, 11) is 0. The van der Waals surface area contributed by atoms with Crippen LogP contribution in [0.25, 0.3) is 0 Å². The highest BCUT2D eigenvalue weighted by Gasteiger charge is 2.43. The van der Waals surface area contributed by atoms with Gasteiger partial charge in [0.15, 0.2) is 23.4 Å². The van der Waals surface area contributed by atoms with Crippen LogP contribution in [0.15, 0.2) is 31.8 Å². The molecule has 1 aliphatic carbocycles. The Kier molecular flexibility index (Phi) is 26.8. The first-order chi connectivity index (χ1) is 40.3. The summed E-state index contributed by atoms with van der Waals surface area (Å²) >= 11 is 0. The number of ketones is 3. The first-order valence-corrected chi connectivity index (χ1v) is 29.7. The van der Waals surface area contributed by atoms with Crippen LogP contribution in [-0.2, 0) is 87.9 Å². The summed E-state index contributed by atoms with van der Waals surface area (Å²) in [6.07, 6.45) is -0.923. The molecule has 0 radical (unpaired) electrons. The van der Waals surface area contributed by atoms with Crippen LogP contribution in [0.4, 0.5) is 18.4 Å². The van der Waals surface area contributed by atoms with E-state index in [0.717, 1.165) is 18.1 Å². The van der Waals surface area contributed by atoms with E-state index in [0.29, 0.717) is 75.4 Å². The number of morpholine rings is 4. The quantitative estimate of drug-likeness (QED) is 0.183. The second kappa shape index (κ2) is 31.7. The van der Waals surface area contributed by atoms with Gasteiger partial charge in [-0.25, -0.2) is 23.2 Å². The summed E-state index contributed by atoms with van der Waals surface area (Å²) in [6, 6.07) is 2.87. The zero-order valence-corrected chi connectivity index (χ0v) is 54.7. The van der Waals surface area contributed by atoms with Gasteiger partial charge >= 0.3 is 18.2 Å². The van der Waals surface area contributed by atoms with Gasteiger partial charge in [-0.2, -0.15) is 0 Å². The number of ether oxygens (including phenoxy) is 6. The zero-order chi connectivity index (χ0) is 64.9. The average molecular weight is 1270 g/mol. The maximum absolute atomic E-state index is 13.4. The van der Waals surface area contributed by atoms with Gasteiger partial charge in [-0.1, -0.05) is 77.8 Å². The lowest BCUT2D eigenvalue weighted by molar-refractivity contribution is -0.153. The van der Waals surface area contributed by atoms with Crippen LogP contribution in [0, 0.1) is 5.92 Å². The third kappa shape index (κ3) is 23.5. The van der Waals surface area contributed by atoms with Crippen LogP contribution in [0.1, 0.15) is 164 Å². The van der Waals surface area contributed by atoms with Crippen LogP contribution in [-0.4, -0.2) is 197 Å². The van der Waals surface area contributed by atoms with E-state index >= 15 is 0 Å². The fraction of sp³-hybridized carbons (Fsp3) is 0.738. The van der Waals surface area contributed by atoms with Crippen molar-refractivity contribution in [2.75, 3.05) is 79.0 Å². The van der Waals surface area contributed by atoms with Crippen LogP contribution in [0.5, 0.6) is 0 Å². The van der Waals surface area contributed by atoms with Crippen LogP contribution in [0.2, 0.25) is 0 Å². The van der Waals surface area contributed by atoms with Crippen molar-refractivity contribution >= 4 is 53.8 Å². The number of carbonyl (C=O) groups is 7. The third-order valence-electron chi connectivity index (χ3n) is 14.3. The fourth-order valence-corrected chi connectivity index (χ4v) is 9.32. The van der Waals surface area contributed by atoms with Crippen LogP contribution < -0.4 is 5.32 Å². The molecule has 7 heterocycles. The Morgan fingerprint density at radius 1 is 0.545 bits per heavy atom. The number of carboxylic acid groups (broad SMARTS) is 1. The Morgan fingerprint density at radius 3 is 1.25 bits per heavy atom. The minimum absolute atomic E-state index is 0. The molecule has 88 heavy (non-hydrogen) atoms. The molecule has 5 aliphatic rings. The molecule has 1 saturated carbocycles. The lowest BCUT2D eigenvalue weighted by Gasteiger charge is -2.38. The molecule has 24 nitrogen and oxygen atoms in total. The molecule has 0 aromatic carbocycles. The van der Waals surface area contributed by atoms with E-state index in [-0.39, 0.29) is 123 Å². The highest BCUT2D eigenvalue weighted by atomic mass is 35.5. The number of aromatic nitrogens is 3. The van der Waals surface area contributed by atoms with Gasteiger partial charge in [-0.05, 0) is 54.4 Å². The number of hydrogen-bond donors (Lipinski definition) is 2. The van der Waals surface area contributed by atoms with Gasteiger partial charge < -0.3 is 57.3 Å². The van der Waals surface area contributed by atoms with E-state index < -0.39 is 59.3 Å². The second-order valence-corrected chi connectivity index (χ2v) is 27.4. The highest BCUT2D eigenvalue weighted by molar-refractivity contribution is 5.91. The van der Waals surface area contributed by atoms with Gasteiger partial charge in [-0.15, -0.1) is 12.4 Å². The van der Waals surface area contributed by atoms with Crippen molar-refractivity contribution in [3.63, 3.8) is 0 Å². The Balaban J connectivity index is 0.000000256. The summed E-state index contributed by atoms with van der Waals surface area (Å²) < 4.78 is 74.4. The largest absolute Gasteiger partial charge is 0.480 e. The topological polar surface area (TPSA) is 295 Å². The Hall–Kier alpha value is -5.93. The molecule has 0 spiro atoms. The monoisotopic (exact) mass is 1270 g/mol. The minimum Gasteiger partial charge on any atom is -0.480 e. The molecule has 27 heteroatoms. The normalized spacial score (nSPS) is 21.1. The second-order valence-electron chi connectivity index (χ2n) is 27.4. The molecule has 4 aliphatic heterocycles. The maximum Gasteiger partial charge on any atom is 0.411 e. The van der Waals surface area contributed by atoms with E-state index in [1.807, 2.05) is 47.6 Å². The maximum atomic E-state index is 13.4. The minimum atomic E-state index is -2.69. The Labute approximate surface area is 520 Å². The molecular formula is C61H94ClF2N7O17. The van der Waals surface area contributed by atoms with E-state index in [1.165, 1.54) is 14.7 Å². The molecule has 4 atom stereocenters. The van der Waals surface area contributed by atoms with Crippen LogP contribution in [0.3, 0.4) is 0 Å².